The van der Waals surface area contributed by atoms with Crippen LogP contribution in [0.2, 0.25) is 0 Å². The maximum atomic E-state index is 11.8. The van der Waals surface area contributed by atoms with Crippen molar-refractivity contribution >= 4 is 5.91 Å². The number of hydrogen-bond donors (Lipinski definition) is 1. The van der Waals surface area contributed by atoms with Crippen molar-refractivity contribution in [3.05, 3.63) is 35.9 Å². The van der Waals surface area contributed by atoms with Gasteiger partial charge in [-0.15, -0.1) is 0 Å². The summed E-state index contributed by atoms with van der Waals surface area (Å²) in [6, 6.07) is 10.0. The van der Waals surface area contributed by atoms with Gasteiger partial charge in [-0.3, -0.25) is 4.79 Å². The number of amides is 1. The highest BCUT2D eigenvalue weighted by Gasteiger charge is 2.15. The van der Waals surface area contributed by atoms with E-state index in [0.717, 1.165) is 44.8 Å². The van der Waals surface area contributed by atoms with Crippen LogP contribution in [0.4, 0.5) is 0 Å². The minimum absolute atomic E-state index is 0.145. The highest BCUT2D eigenvalue weighted by Crippen LogP contribution is 2.02. The first-order chi connectivity index (χ1) is 9.78. The summed E-state index contributed by atoms with van der Waals surface area (Å²) >= 11 is 0. The van der Waals surface area contributed by atoms with E-state index < -0.39 is 0 Å². The van der Waals surface area contributed by atoms with E-state index in [1.165, 1.54) is 0 Å². The van der Waals surface area contributed by atoms with Crippen molar-refractivity contribution < 1.29 is 4.79 Å². The quantitative estimate of drug-likeness (QED) is 0.851. The van der Waals surface area contributed by atoms with Gasteiger partial charge in [0.2, 0.25) is 5.91 Å². The Morgan fingerprint density at radius 1 is 1.10 bits per heavy atom. The summed E-state index contributed by atoms with van der Waals surface area (Å²) < 4.78 is 0. The Balaban J connectivity index is 1.61. The number of benzene rings is 1. The first-order valence-corrected chi connectivity index (χ1v) is 7.53. The standard InChI is InChI=1S/C16H25N3O/c1-2-18-10-12-19(13-11-18)9-8-16(20)17-14-15-6-4-3-5-7-15/h3-7H,2,8-14H2,1H3,(H,17,20). The zero-order valence-corrected chi connectivity index (χ0v) is 12.3. The van der Waals surface area contributed by atoms with Gasteiger partial charge >= 0.3 is 0 Å². The third-order valence-electron chi connectivity index (χ3n) is 3.90. The molecule has 0 atom stereocenters. The van der Waals surface area contributed by atoms with Crippen LogP contribution >= 0.6 is 0 Å². The largest absolute Gasteiger partial charge is 0.352 e. The molecule has 0 unspecified atom stereocenters. The third-order valence-corrected chi connectivity index (χ3v) is 3.90. The molecule has 0 spiro atoms. The van der Waals surface area contributed by atoms with Crippen molar-refractivity contribution in [3.8, 4) is 0 Å². The second-order valence-electron chi connectivity index (χ2n) is 5.29. The van der Waals surface area contributed by atoms with E-state index in [0.29, 0.717) is 13.0 Å². The van der Waals surface area contributed by atoms with Crippen LogP contribution in [-0.2, 0) is 11.3 Å². The van der Waals surface area contributed by atoms with Crippen molar-refractivity contribution in [1.29, 1.82) is 0 Å². The molecule has 20 heavy (non-hydrogen) atoms. The van der Waals surface area contributed by atoms with Crippen LogP contribution < -0.4 is 5.32 Å². The number of carbonyl (C=O) groups excluding carboxylic acids is 1. The van der Waals surface area contributed by atoms with E-state index in [1.807, 2.05) is 30.3 Å². The molecule has 0 bridgehead atoms. The van der Waals surface area contributed by atoms with Crippen LogP contribution in [0.5, 0.6) is 0 Å². The second kappa shape index (κ2) is 8.02. The average molecular weight is 275 g/mol. The van der Waals surface area contributed by atoms with Gasteiger partial charge in [0.25, 0.3) is 0 Å². The molecular formula is C16H25N3O. The highest BCUT2D eigenvalue weighted by atomic mass is 16.1. The van der Waals surface area contributed by atoms with Crippen LogP contribution in [0.1, 0.15) is 18.9 Å². The van der Waals surface area contributed by atoms with Crippen LogP contribution in [0.15, 0.2) is 30.3 Å². The number of carbonyl (C=O) groups is 1. The van der Waals surface area contributed by atoms with Gasteiger partial charge in [-0.1, -0.05) is 37.3 Å². The molecule has 1 saturated heterocycles. The molecule has 1 heterocycles. The molecule has 0 aliphatic carbocycles. The van der Waals surface area contributed by atoms with Gasteiger partial charge in [-0.2, -0.15) is 0 Å². The molecule has 1 N–H and O–H groups in total. The van der Waals surface area contributed by atoms with Gasteiger partial charge in [0.05, 0.1) is 0 Å². The van der Waals surface area contributed by atoms with Gasteiger partial charge in [-0.05, 0) is 12.1 Å². The van der Waals surface area contributed by atoms with Crippen LogP contribution in [0.25, 0.3) is 0 Å². The molecule has 1 aliphatic heterocycles. The molecule has 0 saturated carbocycles. The lowest BCUT2D eigenvalue weighted by Gasteiger charge is -2.33. The Bertz CT molecular complexity index is 399. The predicted octanol–water partition coefficient (Wildman–Crippen LogP) is 1.33. The lowest BCUT2D eigenvalue weighted by molar-refractivity contribution is -0.121. The summed E-state index contributed by atoms with van der Waals surface area (Å²) in [5, 5.41) is 2.98. The minimum atomic E-state index is 0.145. The molecule has 1 aromatic carbocycles. The molecular weight excluding hydrogens is 250 g/mol. The van der Waals surface area contributed by atoms with Crippen molar-refractivity contribution in [2.75, 3.05) is 39.3 Å². The van der Waals surface area contributed by atoms with E-state index in [9.17, 15) is 4.79 Å². The monoisotopic (exact) mass is 275 g/mol. The molecule has 2 rings (SSSR count). The van der Waals surface area contributed by atoms with Gasteiger partial charge in [0.15, 0.2) is 0 Å². The van der Waals surface area contributed by atoms with E-state index in [-0.39, 0.29) is 5.91 Å². The van der Waals surface area contributed by atoms with E-state index in [1.54, 1.807) is 0 Å². The Morgan fingerprint density at radius 2 is 1.75 bits per heavy atom. The minimum Gasteiger partial charge on any atom is -0.352 e. The fourth-order valence-corrected chi connectivity index (χ4v) is 2.47. The van der Waals surface area contributed by atoms with E-state index >= 15 is 0 Å². The molecule has 4 nitrogen and oxygen atoms in total. The van der Waals surface area contributed by atoms with Crippen molar-refractivity contribution in [3.63, 3.8) is 0 Å². The Morgan fingerprint density at radius 3 is 2.40 bits per heavy atom. The summed E-state index contributed by atoms with van der Waals surface area (Å²) in [6.45, 7) is 9.25. The summed E-state index contributed by atoms with van der Waals surface area (Å²) in [5.41, 5.74) is 1.15. The maximum absolute atomic E-state index is 11.8. The lowest BCUT2D eigenvalue weighted by Crippen LogP contribution is -2.46. The predicted molar refractivity (Wildman–Crippen MR) is 81.5 cm³/mol. The fourth-order valence-electron chi connectivity index (χ4n) is 2.47. The fraction of sp³-hybridized carbons (Fsp3) is 0.562. The Hall–Kier alpha value is -1.39. The molecule has 0 aromatic heterocycles. The summed E-state index contributed by atoms with van der Waals surface area (Å²) in [4.78, 5) is 16.7. The Kier molecular flexibility index (Phi) is 6.02. The van der Waals surface area contributed by atoms with Crippen molar-refractivity contribution in [2.45, 2.75) is 19.9 Å². The number of nitrogens with one attached hydrogen (secondary N) is 1. The SMILES string of the molecule is CCN1CCN(CCC(=O)NCc2ccccc2)CC1. The molecule has 0 radical (unpaired) electrons. The zero-order valence-electron chi connectivity index (χ0n) is 12.3. The Labute approximate surface area is 121 Å². The molecule has 1 fully saturated rings. The van der Waals surface area contributed by atoms with Crippen molar-refractivity contribution in [1.82, 2.24) is 15.1 Å². The van der Waals surface area contributed by atoms with Crippen LogP contribution in [-0.4, -0.2) is 55.0 Å². The van der Waals surface area contributed by atoms with Gasteiger partial charge in [0.1, 0.15) is 0 Å². The van der Waals surface area contributed by atoms with Gasteiger partial charge in [0, 0.05) is 45.7 Å². The molecule has 1 amide bonds. The zero-order chi connectivity index (χ0) is 14.2. The molecule has 1 aliphatic rings. The van der Waals surface area contributed by atoms with E-state index in [2.05, 4.69) is 22.0 Å². The summed E-state index contributed by atoms with van der Waals surface area (Å²) in [6.07, 6.45) is 0.596. The van der Waals surface area contributed by atoms with Crippen LogP contribution in [0, 0.1) is 0 Å². The van der Waals surface area contributed by atoms with Crippen molar-refractivity contribution in [2.24, 2.45) is 0 Å². The molecule has 110 valence electrons. The van der Waals surface area contributed by atoms with Crippen LogP contribution in [0.3, 0.4) is 0 Å². The van der Waals surface area contributed by atoms with Gasteiger partial charge in [-0.25, -0.2) is 0 Å². The number of likely N-dealkylation sites (N-methyl/N-ethyl adjacent to an activating group) is 1. The summed E-state index contributed by atoms with van der Waals surface area (Å²) in [5.74, 6) is 0.145. The lowest BCUT2D eigenvalue weighted by atomic mass is 10.2. The molecule has 4 heteroatoms. The maximum Gasteiger partial charge on any atom is 0.221 e. The smallest absolute Gasteiger partial charge is 0.221 e. The second-order valence-corrected chi connectivity index (χ2v) is 5.29. The normalized spacial score (nSPS) is 17.1. The third kappa shape index (κ3) is 4.94. The average Bonchev–Trinajstić information content (AvgIpc) is 2.52. The number of hydrogen-bond acceptors (Lipinski definition) is 3. The van der Waals surface area contributed by atoms with E-state index in [4.69, 9.17) is 0 Å². The first-order valence-electron chi connectivity index (χ1n) is 7.53. The topological polar surface area (TPSA) is 35.6 Å². The van der Waals surface area contributed by atoms with Gasteiger partial charge < -0.3 is 15.1 Å². The molecule has 1 aromatic rings. The number of rotatable bonds is 6. The first kappa shape index (κ1) is 15.0. The number of piperazine rings is 1. The number of nitrogens with zero attached hydrogens (tertiary/aromatic N) is 2. The highest BCUT2D eigenvalue weighted by molar-refractivity contribution is 5.76. The summed E-state index contributed by atoms with van der Waals surface area (Å²) in [7, 11) is 0.